The molecule has 3 rings (SSSR count). The van der Waals surface area contributed by atoms with E-state index in [2.05, 4.69) is 4.98 Å². The number of nitrogens with two attached hydrogens (primary N) is 1. The zero-order chi connectivity index (χ0) is 11.8. The maximum atomic E-state index is 13.1. The molecule has 3 heteroatoms. The van der Waals surface area contributed by atoms with Crippen LogP contribution in [-0.2, 0) is 6.42 Å². The maximum Gasteiger partial charge on any atom is 0.125 e. The van der Waals surface area contributed by atoms with Gasteiger partial charge in [0.1, 0.15) is 5.82 Å². The number of benzene rings is 1. The van der Waals surface area contributed by atoms with Crippen LogP contribution in [0.5, 0.6) is 0 Å². The summed E-state index contributed by atoms with van der Waals surface area (Å²) in [7, 11) is 0. The summed E-state index contributed by atoms with van der Waals surface area (Å²) in [5, 5.41) is 1.13. The molecule has 3 N–H and O–H groups in total. The summed E-state index contributed by atoms with van der Waals surface area (Å²) >= 11 is 0. The third-order valence-corrected chi connectivity index (χ3v) is 3.93. The third kappa shape index (κ3) is 1.95. The van der Waals surface area contributed by atoms with Gasteiger partial charge in [-0.15, -0.1) is 0 Å². The van der Waals surface area contributed by atoms with Crippen molar-refractivity contribution in [1.29, 1.82) is 0 Å². The van der Waals surface area contributed by atoms with Crippen molar-refractivity contribution >= 4 is 10.9 Å². The molecule has 2 atom stereocenters. The predicted octanol–water partition coefficient (Wildman–Crippen LogP) is 2.98. The van der Waals surface area contributed by atoms with Crippen LogP contribution < -0.4 is 5.73 Å². The highest BCUT2D eigenvalue weighted by Gasteiger charge is 2.24. The largest absolute Gasteiger partial charge is 0.361 e. The second-order valence-electron chi connectivity index (χ2n) is 5.06. The van der Waals surface area contributed by atoms with Crippen LogP contribution in [0.1, 0.15) is 24.8 Å². The SMILES string of the molecule is NC1CCCC1Cc1c[nH]c2cc(F)ccc12. The molecule has 0 aliphatic heterocycles. The number of nitrogens with one attached hydrogen (secondary N) is 1. The van der Waals surface area contributed by atoms with Gasteiger partial charge in [0.2, 0.25) is 0 Å². The number of halogens is 1. The monoisotopic (exact) mass is 232 g/mol. The molecule has 90 valence electrons. The minimum atomic E-state index is -0.191. The molecule has 1 aromatic carbocycles. The average molecular weight is 232 g/mol. The molecular weight excluding hydrogens is 215 g/mol. The Bertz CT molecular complexity index is 532. The van der Waals surface area contributed by atoms with Crippen LogP contribution in [0.3, 0.4) is 0 Å². The standard InChI is InChI=1S/C14H17FN2/c15-11-4-5-12-10(8-17-14(12)7-11)6-9-2-1-3-13(9)16/h4-5,7-9,13,17H,1-3,6,16H2. The zero-order valence-electron chi connectivity index (χ0n) is 9.75. The van der Waals surface area contributed by atoms with Gasteiger partial charge in [-0.1, -0.05) is 6.42 Å². The molecule has 1 aromatic heterocycles. The minimum Gasteiger partial charge on any atom is -0.361 e. The molecule has 0 radical (unpaired) electrons. The van der Waals surface area contributed by atoms with Crippen LogP contribution in [0.25, 0.3) is 10.9 Å². The Morgan fingerprint density at radius 2 is 2.24 bits per heavy atom. The van der Waals surface area contributed by atoms with E-state index in [4.69, 9.17) is 5.73 Å². The lowest BCUT2D eigenvalue weighted by atomic mass is 9.95. The average Bonchev–Trinajstić information content (AvgIpc) is 2.87. The number of rotatable bonds is 2. The van der Waals surface area contributed by atoms with Crippen molar-refractivity contribution in [2.45, 2.75) is 31.7 Å². The number of hydrogen-bond acceptors (Lipinski definition) is 1. The van der Waals surface area contributed by atoms with Crippen molar-refractivity contribution in [3.63, 3.8) is 0 Å². The van der Waals surface area contributed by atoms with Crippen molar-refractivity contribution < 1.29 is 4.39 Å². The molecule has 1 fully saturated rings. The van der Waals surface area contributed by atoms with Crippen LogP contribution in [0.2, 0.25) is 0 Å². The number of aromatic amines is 1. The van der Waals surface area contributed by atoms with E-state index in [0.717, 1.165) is 23.7 Å². The smallest absolute Gasteiger partial charge is 0.125 e. The first-order valence-electron chi connectivity index (χ1n) is 6.25. The molecule has 0 amide bonds. The lowest BCUT2D eigenvalue weighted by molar-refractivity contribution is 0.480. The van der Waals surface area contributed by atoms with E-state index < -0.39 is 0 Å². The van der Waals surface area contributed by atoms with Crippen LogP contribution in [0.4, 0.5) is 4.39 Å². The van der Waals surface area contributed by atoms with Crippen molar-refractivity contribution in [2.24, 2.45) is 11.7 Å². The van der Waals surface area contributed by atoms with E-state index in [0.29, 0.717) is 12.0 Å². The number of aromatic nitrogens is 1. The fourth-order valence-corrected chi connectivity index (χ4v) is 2.93. The first-order chi connectivity index (χ1) is 8.24. The predicted molar refractivity (Wildman–Crippen MR) is 67.3 cm³/mol. The Kier molecular flexibility index (Phi) is 2.63. The van der Waals surface area contributed by atoms with Gasteiger partial charge in [-0.2, -0.15) is 0 Å². The number of hydrogen-bond donors (Lipinski definition) is 2. The summed E-state index contributed by atoms with van der Waals surface area (Å²) in [4.78, 5) is 3.14. The normalized spacial score (nSPS) is 24.6. The summed E-state index contributed by atoms with van der Waals surface area (Å²) < 4.78 is 13.1. The van der Waals surface area contributed by atoms with Gasteiger partial charge in [-0.25, -0.2) is 4.39 Å². The summed E-state index contributed by atoms with van der Waals surface area (Å²) in [6, 6.07) is 5.26. The van der Waals surface area contributed by atoms with E-state index in [-0.39, 0.29) is 5.82 Å². The molecule has 0 bridgehead atoms. The van der Waals surface area contributed by atoms with Crippen LogP contribution in [0, 0.1) is 11.7 Å². The first kappa shape index (κ1) is 10.8. The Balaban J connectivity index is 1.90. The lowest BCUT2D eigenvalue weighted by Crippen LogP contribution is -2.25. The Hall–Kier alpha value is -1.35. The van der Waals surface area contributed by atoms with Crippen LogP contribution in [0.15, 0.2) is 24.4 Å². The van der Waals surface area contributed by atoms with Gasteiger partial charge in [0.05, 0.1) is 0 Å². The van der Waals surface area contributed by atoms with Gasteiger partial charge in [0.25, 0.3) is 0 Å². The molecule has 0 saturated heterocycles. The summed E-state index contributed by atoms with van der Waals surface area (Å²) in [5.41, 5.74) is 8.24. The summed E-state index contributed by atoms with van der Waals surface area (Å²) in [5.74, 6) is 0.391. The topological polar surface area (TPSA) is 41.8 Å². The molecule has 17 heavy (non-hydrogen) atoms. The van der Waals surface area contributed by atoms with Crippen LogP contribution >= 0.6 is 0 Å². The van der Waals surface area contributed by atoms with Gasteiger partial charge in [0, 0.05) is 23.1 Å². The second-order valence-corrected chi connectivity index (χ2v) is 5.06. The quantitative estimate of drug-likeness (QED) is 0.821. The number of H-pyrrole nitrogens is 1. The van der Waals surface area contributed by atoms with E-state index in [1.807, 2.05) is 12.3 Å². The fraction of sp³-hybridized carbons (Fsp3) is 0.429. The molecule has 1 heterocycles. The third-order valence-electron chi connectivity index (χ3n) is 3.93. The van der Waals surface area contributed by atoms with Gasteiger partial charge in [-0.3, -0.25) is 0 Å². The highest BCUT2D eigenvalue weighted by atomic mass is 19.1. The maximum absolute atomic E-state index is 13.1. The van der Waals surface area contributed by atoms with Crippen molar-refractivity contribution in [2.75, 3.05) is 0 Å². The van der Waals surface area contributed by atoms with Crippen molar-refractivity contribution in [3.8, 4) is 0 Å². The van der Waals surface area contributed by atoms with E-state index >= 15 is 0 Å². The summed E-state index contributed by atoms with van der Waals surface area (Å²) in [6.45, 7) is 0. The second kappa shape index (κ2) is 4.15. The van der Waals surface area contributed by atoms with Gasteiger partial charge >= 0.3 is 0 Å². The molecule has 2 unspecified atom stereocenters. The van der Waals surface area contributed by atoms with E-state index in [1.165, 1.54) is 24.5 Å². The van der Waals surface area contributed by atoms with Crippen molar-refractivity contribution in [1.82, 2.24) is 4.98 Å². The highest BCUT2D eigenvalue weighted by Crippen LogP contribution is 2.30. The fourth-order valence-electron chi connectivity index (χ4n) is 2.93. The molecule has 1 aliphatic carbocycles. The molecular formula is C14H17FN2. The van der Waals surface area contributed by atoms with Crippen LogP contribution in [-0.4, -0.2) is 11.0 Å². The number of fused-ring (bicyclic) bond motifs is 1. The zero-order valence-corrected chi connectivity index (χ0v) is 9.75. The Morgan fingerprint density at radius 1 is 1.35 bits per heavy atom. The van der Waals surface area contributed by atoms with Gasteiger partial charge in [-0.05, 0) is 48.9 Å². The molecule has 1 saturated carbocycles. The van der Waals surface area contributed by atoms with E-state index in [9.17, 15) is 4.39 Å². The Labute approximate surface area is 100 Å². The van der Waals surface area contributed by atoms with Gasteiger partial charge in [0.15, 0.2) is 0 Å². The molecule has 2 nitrogen and oxygen atoms in total. The first-order valence-corrected chi connectivity index (χ1v) is 6.25. The molecule has 0 spiro atoms. The van der Waals surface area contributed by atoms with Gasteiger partial charge < -0.3 is 10.7 Å². The molecule has 1 aliphatic rings. The van der Waals surface area contributed by atoms with Crippen molar-refractivity contribution in [3.05, 3.63) is 35.8 Å². The summed E-state index contributed by atoms with van der Waals surface area (Å²) in [6.07, 6.45) is 6.60. The Morgan fingerprint density at radius 3 is 3.00 bits per heavy atom. The lowest BCUT2D eigenvalue weighted by Gasteiger charge is -2.14. The van der Waals surface area contributed by atoms with E-state index in [1.54, 1.807) is 6.07 Å². The minimum absolute atomic E-state index is 0.191. The highest BCUT2D eigenvalue weighted by molar-refractivity contribution is 5.83. The molecule has 2 aromatic rings.